The Bertz CT molecular complexity index is 588. The molecule has 0 aliphatic heterocycles. The van der Waals surface area contributed by atoms with E-state index in [9.17, 15) is 9.59 Å². The summed E-state index contributed by atoms with van der Waals surface area (Å²) in [5.41, 5.74) is 0.398. The second kappa shape index (κ2) is 14.3. The van der Waals surface area contributed by atoms with Gasteiger partial charge >= 0.3 is 0 Å². The number of carbonyl (C=O) groups excluding carboxylic acids is 2. The van der Waals surface area contributed by atoms with E-state index in [0.717, 1.165) is 24.3 Å². The average molecular weight is 423 g/mol. The number of carbonyl (C=O) groups is 2. The van der Waals surface area contributed by atoms with E-state index in [4.69, 9.17) is 20.1 Å². The Balaban J connectivity index is 0.000000424. The maximum Gasteiger partial charge on any atom is 0.140 e. The molecule has 0 unspecified atom stereocenters. The first-order valence-electron chi connectivity index (χ1n) is 11.0. The van der Waals surface area contributed by atoms with Crippen molar-refractivity contribution in [3.63, 3.8) is 0 Å². The number of benzene rings is 1. The van der Waals surface area contributed by atoms with Crippen molar-refractivity contribution in [2.75, 3.05) is 26.4 Å². The van der Waals surface area contributed by atoms with Crippen LogP contribution in [0.4, 0.5) is 0 Å². The molecule has 0 bridgehead atoms. The molecule has 1 aromatic rings. The lowest BCUT2D eigenvalue weighted by molar-refractivity contribution is -0.130. The summed E-state index contributed by atoms with van der Waals surface area (Å²) < 4.78 is 5.70. The van der Waals surface area contributed by atoms with E-state index in [1.807, 2.05) is 31.2 Å². The van der Waals surface area contributed by atoms with Crippen molar-refractivity contribution in [3.8, 4) is 5.75 Å². The number of hydrogen-bond acceptors (Lipinski definition) is 6. The summed E-state index contributed by atoms with van der Waals surface area (Å²) >= 11 is 0. The Morgan fingerprint density at radius 3 is 1.90 bits per heavy atom. The van der Waals surface area contributed by atoms with E-state index in [1.165, 1.54) is 19.3 Å². The zero-order valence-electron chi connectivity index (χ0n) is 18.4. The van der Waals surface area contributed by atoms with Crippen LogP contribution in [-0.4, -0.2) is 53.3 Å². The van der Waals surface area contributed by atoms with Crippen LogP contribution in [0.1, 0.15) is 76.7 Å². The highest BCUT2D eigenvalue weighted by atomic mass is 16.5. The topological polar surface area (TPSA) is 104 Å². The van der Waals surface area contributed by atoms with Gasteiger partial charge in [-0.1, -0.05) is 45.2 Å². The molecule has 1 aromatic carbocycles. The maximum atomic E-state index is 11.5. The zero-order valence-corrected chi connectivity index (χ0v) is 18.4. The second-order valence-corrected chi connectivity index (χ2v) is 8.17. The lowest BCUT2D eigenvalue weighted by atomic mass is 9.83. The summed E-state index contributed by atoms with van der Waals surface area (Å²) in [4.78, 5) is 23.0. The first-order valence-corrected chi connectivity index (χ1v) is 11.0. The van der Waals surface area contributed by atoms with E-state index in [-0.39, 0.29) is 43.7 Å². The van der Waals surface area contributed by atoms with Crippen LogP contribution in [0.5, 0.6) is 5.75 Å². The van der Waals surface area contributed by atoms with Gasteiger partial charge in [0.05, 0.1) is 32.8 Å². The lowest BCUT2D eigenvalue weighted by Crippen LogP contribution is -2.32. The minimum atomic E-state index is -0.667. The summed E-state index contributed by atoms with van der Waals surface area (Å²) in [5.74, 6) is 1.04. The predicted octanol–water partition coefficient (Wildman–Crippen LogP) is 3.41. The number of hydrogen-bond donors (Lipinski definition) is 3. The van der Waals surface area contributed by atoms with Gasteiger partial charge in [-0.3, -0.25) is 9.59 Å². The monoisotopic (exact) mass is 422 g/mol. The number of rotatable bonds is 11. The van der Waals surface area contributed by atoms with Crippen LogP contribution in [-0.2, 0) is 9.59 Å². The van der Waals surface area contributed by atoms with Crippen LogP contribution in [0, 0.1) is 5.41 Å². The van der Waals surface area contributed by atoms with Crippen molar-refractivity contribution in [1.29, 1.82) is 0 Å². The number of ketones is 2. The molecule has 0 atom stereocenters. The maximum absolute atomic E-state index is 11.5. The van der Waals surface area contributed by atoms with Crippen LogP contribution in [0.3, 0.4) is 0 Å². The highest BCUT2D eigenvalue weighted by Crippen LogP contribution is 2.30. The van der Waals surface area contributed by atoms with Gasteiger partial charge in [-0.2, -0.15) is 0 Å². The fourth-order valence-electron chi connectivity index (χ4n) is 3.26. The smallest absolute Gasteiger partial charge is 0.140 e. The average Bonchev–Trinajstić information content (AvgIpc) is 2.76. The molecule has 170 valence electrons. The molecule has 0 heterocycles. The molecule has 1 aliphatic rings. The van der Waals surface area contributed by atoms with E-state index in [0.29, 0.717) is 19.3 Å². The Morgan fingerprint density at radius 1 is 0.900 bits per heavy atom. The number of aliphatic hydroxyl groups is 3. The van der Waals surface area contributed by atoms with Crippen molar-refractivity contribution >= 4 is 11.6 Å². The molecule has 0 saturated heterocycles. The fourth-order valence-corrected chi connectivity index (χ4v) is 3.26. The van der Waals surface area contributed by atoms with Crippen LogP contribution in [0.2, 0.25) is 0 Å². The molecule has 30 heavy (non-hydrogen) atoms. The van der Waals surface area contributed by atoms with Crippen molar-refractivity contribution in [1.82, 2.24) is 0 Å². The van der Waals surface area contributed by atoms with E-state index >= 15 is 0 Å². The Hall–Kier alpha value is -1.76. The second-order valence-electron chi connectivity index (χ2n) is 8.17. The molecule has 6 heteroatoms. The van der Waals surface area contributed by atoms with Gasteiger partial charge in [0, 0.05) is 18.3 Å². The predicted molar refractivity (Wildman–Crippen MR) is 117 cm³/mol. The van der Waals surface area contributed by atoms with Crippen LogP contribution in [0.15, 0.2) is 24.3 Å². The molecule has 6 nitrogen and oxygen atoms in total. The van der Waals surface area contributed by atoms with Gasteiger partial charge < -0.3 is 20.1 Å². The highest BCUT2D eigenvalue weighted by Gasteiger charge is 2.26. The Kier molecular flexibility index (Phi) is 12.5. The number of aliphatic hydroxyl groups excluding tert-OH is 3. The molecule has 0 spiro atoms. The largest absolute Gasteiger partial charge is 0.494 e. The van der Waals surface area contributed by atoms with E-state index in [2.05, 4.69) is 6.92 Å². The quantitative estimate of drug-likeness (QED) is 0.373. The molecular formula is C24H38O6. The van der Waals surface area contributed by atoms with Crippen molar-refractivity contribution in [3.05, 3.63) is 29.8 Å². The lowest BCUT2D eigenvalue weighted by Gasteiger charge is -2.24. The molecule has 3 N–H and O–H groups in total. The standard InChI is InChI=1S/C18H24O3.C6H14O3/c1-2-3-4-5-10-21-18-8-6-14(7-9-18)15-11-16(19)13-17(20)12-15;1-2-6(3-7,4-8)5-9/h6-9,15H,2-5,10-13H2,1H3;7-9H,2-5H2,1H3. The first-order chi connectivity index (χ1) is 14.4. The molecule has 0 aromatic heterocycles. The van der Waals surface area contributed by atoms with Gasteiger partial charge in [-0.25, -0.2) is 0 Å². The zero-order chi connectivity index (χ0) is 22.4. The van der Waals surface area contributed by atoms with Gasteiger partial charge in [0.15, 0.2) is 0 Å². The third-order valence-corrected chi connectivity index (χ3v) is 5.72. The Labute approximate surface area is 180 Å². The molecule has 1 saturated carbocycles. The van der Waals surface area contributed by atoms with Gasteiger partial charge in [0.25, 0.3) is 0 Å². The summed E-state index contributed by atoms with van der Waals surface area (Å²) in [6.45, 7) is 4.30. The summed E-state index contributed by atoms with van der Waals surface area (Å²) in [6.07, 6.45) is 6.47. The third-order valence-electron chi connectivity index (χ3n) is 5.72. The normalized spacial score (nSPS) is 15.0. The number of Topliss-reactive ketones (excluding diaryl/α,β-unsaturated/α-hetero) is 2. The van der Waals surface area contributed by atoms with E-state index in [1.54, 1.807) is 0 Å². The number of ether oxygens (including phenoxy) is 1. The molecule has 1 fully saturated rings. The van der Waals surface area contributed by atoms with Crippen LogP contribution in [0.25, 0.3) is 0 Å². The fraction of sp³-hybridized carbons (Fsp3) is 0.667. The van der Waals surface area contributed by atoms with Crippen LogP contribution >= 0.6 is 0 Å². The SMILES string of the molecule is CCC(CO)(CO)CO.CCCCCCOc1ccc(C2CC(=O)CC(=O)C2)cc1. The van der Waals surface area contributed by atoms with Gasteiger partial charge in [0.2, 0.25) is 0 Å². The van der Waals surface area contributed by atoms with Crippen molar-refractivity contribution in [2.24, 2.45) is 5.41 Å². The third kappa shape index (κ3) is 8.94. The van der Waals surface area contributed by atoms with Gasteiger partial charge in [-0.05, 0) is 36.5 Å². The molecule has 0 radical (unpaired) electrons. The minimum Gasteiger partial charge on any atom is -0.494 e. The number of unbranched alkanes of at least 4 members (excludes halogenated alkanes) is 3. The van der Waals surface area contributed by atoms with Gasteiger partial charge in [0.1, 0.15) is 17.3 Å². The molecule has 1 aliphatic carbocycles. The molecule has 0 amide bonds. The highest BCUT2D eigenvalue weighted by molar-refractivity contribution is 6.02. The molecule has 2 rings (SSSR count). The molecular weight excluding hydrogens is 384 g/mol. The first kappa shape index (κ1) is 26.3. The Morgan fingerprint density at radius 2 is 1.47 bits per heavy atom. The van der Waals surface area contributed by atoms with Gasteiger partial charge in [-0.15, -0.1) is 0 Å². The summed E-state index contributed by atoms with van der Waals surface area (Å²) in [5, 5.41) is 26.0. The van der Waals surface area contributed by atoms with Crippen LogP contribution < -0.4 is 4.74 Å². The summed E-state index contributed by atoms with van der Waals surface area (Å²) in [7, 11) is 0. The van der Waals surface area contributed by atoms with E-state index < -0.39 is 5.41 Å². The summed E-state index contributed by atoms with van der Waals surface area (Å²) in [6, 6.07) is 7.85. The van der Waals surface area contributed by atoms with Crippen molar-refractivity contribution in [2.45, 2.75) is 71.1 Å². The van der Waals surface area contributed by atoms with Crippen molar-refractivity contribution < 1.29 is 29.6 Å². The minimum absolute atomic E-state index is 0.0531.